The van der Waals surface area contributed by atoms with Crippen LogP contribution in [-0.4, -0.2) is 12.1 Å². The third-order valence-electron chi connectivity index (χ3n) is 13.1. The van der Waals surface area contributed by atoms with E-state index >= 15 is 0 Å². The van der Waals surface area contributed by atoms with Gasteiger partial charge in [0.05, 0.1) is 0 Å². The van der Waals surface area contributed by atoms with Crippen LogP contribution in [0.5, 0.6) is 0 Å². The first-order chi connectivity index (χ1) is 14.9. The molecule has 0 spiro atoms. The van der Waals surface area contributed by atoms with Gasteiger partial charge in [0, 0.05) is 17.3 Å². The summed E-state index contributed by atoms with van der Waals surface area (Å²) in [5.74, 6) is 3.34. The summed E-state index contributed by atoms with van der Waals surface area (Å²) in [5.41, 5.74) is 1.87. The number of hydrogen-bond acceptors (Lipinski definition) is 2. The van der Waals surface area contributed by atoms with Gasteiger partial charge in [-0.2, -0.15) is 0 Å². The van der Waals surface area contributed by atoms with Crippen molar-refractivity contribution in [1.29, 1.82) is 0 Å². The normalized spacial score (nSPS) is 54.1. The first-order valence-corrected chi connectivity index (χ1v) is 13.5. The highest BCUT2D eigenvalue weighted by Crippen LogP contribution is 2.77. The van der Waals surface area contributed by atoms with E-state index in [-0.39, 0.29) is 21.7 Å². The number of hydrogen-bond donors (Lipinski definition) is 0. The zero-order valence-electron chi connectivity index (χ0n) is 21.6. The van der Waals surface area contributed by atoms with Gasteiger partial charge in [0.25, 0.3) is 0 Å². The van der Waals surface area contributed by atoms with E-state index in [2.05, 4.69) is 48.1 Å². The van der Waals surface area contributed by atoms with Crippen LogP contribution < -0.4 is 0 Å². The molecule has 0 heterocycles. The lowest BCUT2D eigenvalue weighted by molar-refractivity contribution is -0.231. The Hall–Kier alpha value is -0.920. The van der Waals surface area contributed by atoms with E-state index < -0.39 is 0 Å². The predicted octanol–water partition coefficient (Wildman–Crippen LogP) is 7.41. The monoisotopic (exact) mass is 438 g/mol. The Labute approximate surface area is 196 Å². The summed E-state index contributed by atoms with van der Waals surface area (Å²) in [6, 6.07) is 0. The number of rotatable bonds is 2. The molecule has 0 aromatic heterocycles. The molecule has 5 fully saturated rings. The molecule has 0 aliphatic heterocycles. The van der Waals surface area contributed by atoms with Gasteiger partial charge in [0.2, 0.25) is 0 Å². The van der Waals surface area contributed by atoms with E-state index in [0.29, 0.717) is 40.8 Å². The minimum atomic E-state index is -0.179. The number of Topliss-reactive ketones (excluding diaryl/α,β-unsaturated/α-hetero) is 1. The Morgan fingerprint density at radius 3 is 2.25 bits per heavy atom. The molecule has 0 aromatic rings. The van der Waals surface area contributed by atoms with Gasteiger partial charge in [-0.1, -0.05) is 46.8 Å². The van der Waals surface area contributed by atoms with Crippen LogP contribution in [0.25, 0.3) is 0 Å². The summed E-state index contributed by atoms with van der Waals surface area (Å²) in [4.78, 5) is 25.4. The van der Waals surface area contributed by atoms with E-state index in [0.717, 1.165) is 32.1 Å². The van der Waals surface area contributed by atoms with Crippen molar-refractivity contribution in [2.24, 2.45) is 56.7 Å². The number of allylic oxidation sites excluding steroid dienone is 1. The highest BCUT2D eigenvalue weighted by molar-refractivity contribution is 5.85. The fraction of sp³-hybridized carbons (Fsp3) is 0.867. The molecule has 0 N–H and O–H groups in total. The molecule has 5 aliphatic rings. The van der Waals surface area contributed by atoms with Gasteiger partial charge >= 0.3 is 0 Å². The number of aldehydes is 1. The van der Waals surface area contributed by atoms with Gasteiger partial charge in [-0.3, -0.25) is 4.79 Å². The Bertz CT molecular complexity index is 855. The Morgan fingerprint density at radius 2 is 1.59 bits per heavy atom. The molecule has 178 valence electrons. The van der Waals surface area contributed by atoms with Crippen LogP contribution in [0, 0.1) is 56.7 Å². The van der Waals surface area contributed by atoms with Crippen LogP contribution in [-0.2, 0) is 9.59 Å². The van der Waals surface area contributed by atoms with Gasteiger partial charge < -0.3 is 4.79 Å². The molecular formula is C30H46O2. The average Bonchev–Trinajstić information content (AvgIpc) is 3.12. The maximum absolute atomic E-state index is 12.9. The first kappa shape index (κ1) is 22.9. The fourth-order valence-electron chi connectivity index (χ4n) is 11.2. The third kappa shape index (κ3) is 2.54. The molecule has 5 saturated carbocycles. The number of carbonyl (C=O) groups is 2. The highest BCUT2D eigenvalue weighted by atomic mass is 16.1. The maximum atomic E-state index is 12.9. The Balaban J connectivity index is 1.56. The van der Waals surface area contributed by atoms with Gasteiger partial charge in [-0.05, 0) is 111 Å². The molecule has 0 radical (unpaired) electrons. The lowest BCUT2D eigenvalue weighted by Gasteiger charge is -2.72. The summed E-state index contributed by atoms with van der Waals surface area (Å²) < 4.78 is 0. The van der Waals surface area contributed by atoms with Crippen molar-refractivity contribution < 1.29 is 9.59 Å². The van der Waals surface area contributed by atoms with Crippen molar-refractivity contribution in [2.45, 2.75) is 106 Å². The van der Waals surface area contributed by atoms with Crippen LogP contribution in [0.3, 0.4) is 0 Å². The van der Waals surface area contributed by atoms with Crippen LogP contribution in [0.1, 0.15) is 106 Å². The maximum Gasteiger partial charge on any atom is 0.138 e. The lowest BCUT2D eigenvalue weighted by Crippen LogP contribution is -2.66. The van der Waals surface area contributed by atoms with Crippen molar-refractivity contribution in [3.05, 3.63) is 12.2 Å². The van der Waals surface area contributed by atoms with E-state index in [1.165, 1.54) is 44.0 Å². The Kier molecular flexibility index (Phi) is 4.87. The summed E-state index contributed by atoms with van der Waals surface area (Å²) in [6.45, 7) is 18.9. The zero-order chi connectivity index (χ0) is 23.3. The second kappa shape index (κ2) is 6.82. The van der Waals surface area contributed by atoms with Crippen LogP contribution >= 0.6 is 0 Å². The van der Waals surface area contributed by atoms with Gasteiger partial charge in [-0.25, -0.2) is 0 Å². The Morgan fingerprint density at radius 1 is 0.875 bits per heavy atom. The molecule has 0 aromatic carbocycles. The van der Waals surface area contributed by atoms with Gasteiger partial charge in [-0.15, -0.1) is 0 Å². The van der Waals surface area contributed by atoms with Crippen molar-refractivity contribution in [1.82, 2.24) is 0 Å². The smallest absolute Gasteiger partial charge is 0.138 e. The van der Waals surface area contributed by atoms with Crippen LogP contribution in [0.2, 0.25) is 0 Å². The molecular weight excluding hydrogens is 392 g/mol. The standard InChI is InChI=1S/C30H46O2/c1-19(2)20-10-15-30(18-31)17-16-28(6)21(25(20)30)8-9-23-27(5)13-12-24(32)26(3,4)22(27)11-14-29(23,28)7/h18,20-23,25H,1,8-17H2,2-7H3/t20?,21?,22?,23?,25?,27-,28+,29+,30+/m0/s1. The van der Waals surface area contributed by atoms with Crippen LogP contribution in [0.4, 0.5) is 0 Å². The topological polar surface area (TPSA) is 34.1 Å². The largest absolute Gasteiger partial charge is 0.303 e. The predicted molar refractivity (Wildman–Crippen MR) is 130 cm³/mol. The highest BCUT2D eigenvalue weighted by Gasteiger charge is 2.70. The third-order valence-corrected chi connectivity index (χ3v) is 13.1. The second-order valence-corrected chi connectivity index (χ2v) is 14.2. The summed E-state index contributed by atoms with van der Waals surface area (Å²) >= 11 is 0. The molecule has 32 heavy (non-hydrogen) atoms. The van der Waals surface area contributed by atoms with Gasteiger partial charge in [0.1, 0.15) is 12.1 Å². The van der Waals surface area contributed by atoms with Crippen LogP contribution in [0.15, 0.2) is 12.2 Å². The number of fused-ring (bicyclic) bond motifs is 7. The van der Waals surface area contributed by atoms with Crippen molar-refractivity contribution >= 4 is 12.1 Å². The minimum Gasteiger partial charge on any atom is -0.303 e. The number of carbonyl (C=O) groups excluding carboxylic acids is 2. The number of ketones is 1. The molecule has 9 atom stereocenters. The molecule has 5 rings (SSSR count). The van der Waals surface area contributed by atoms with E-state index in [9.17, 15) is 9.59 Å². The molecule has 5 aliphatic carbocycles. The molecule has 0 bridgehead atoms. The molecule has 5 unspecified atom stereocenters. The summed E-state index contributed by atoms with van der Waals surface area (Å²) in [5, 5.41) is 0. The zero-order valence-corrected chi connectivity index (χ0v) is 21.6. The molecule has 2 nitrogen and oxygen atoms in total. The van der Waals surface area contributed by atoms with Gasteiger partial charge in [0.15, 0.2) is 0 Å². The molecule has 2 heteroatoms. The van der Waals surface area contributed by atoms with Crippen molar-refractivity contribution in [3.63, 3.8) is 0 Å². The van der Waals surface area contributed by atoms with E-state index in [1.807, 2.05) is 0 Å². The minimum absolute atomic E-state index is 0.0999. The van der Waals surface area contributed by atoms with Crippen molar-refractivity contribution in [3.8, 4) is 0 Å². The van der Waals surface area contributed by atoms with E-state index in [1.54, 1.807) is 0 Å². The van der Waals surface area contributed by atoms with E-state index in [4.69, 9.17) is 0 Å². The SMILES string of the molecule is C=C(C)C1CC[C@]2(C=O)CC[C@]3(C)C(CCC4[C@@]5(C)CCC(=O)C(C)(C)C5CC[C@]43C)C12. The second-order valence-electron chi connectivity index (χ2n) is 14.2. The molecule has 0 amide bonds. The lowest BCUT2D eigenvalue weighted by atomic mass is 9.32. The fourth-order valence-corrected chi connectivity index (χ4v) is 11.2. The van der Waals surface area contributed by atoms with Crippen molar-refractivity contribution in [2.75, 3.05) is 0 Å². The average molecular weight is 439 g/mol. The molecule has 0 saturated heterocycles. The summed E-state index contributed by atoms with van der Waals surface area (Å²) in [7, 11) is 0. The first-order valence-electron chi connectivity index (χ1n) is 13.5. The quantitative estimate of drug-likeness (QED) is 0.332. The summed E-state index contributed by atoms with van der Waals surface area (Å²) in [6.07, 6.45) is 12.7.